The van der Waals surface area contributed by atoms with Crippen LogP contribution >= 0.6 is 11.8 Å². The van der Waals surface area contributed by atoms with Crippen LogP contribution in [0.3, 0.4) is 0 Å². The number of aromatic carboxylic acids is 1. The fourth-order valence-corrected chi connectivity index (χ4v) is 1.20. The predicted octanol–water partition coefficient (Wildman–Crippen LogP) is 0.190. The first kappa shape index (κ1) is 8.79. The van der Waals surface area contributed by atoms with E-state index in [4.69, 9.17) is 5.11 Å². The zero-order valence-electron chi connectivity index (χ0n) is 6.20. The maximum absolute atomic E-state index is 10.6. The Morgan fingerprint density at radius 2 is 2.42 bits per heavy atom. The van der Waals surface area contributed by atoms with E-state index in [2.05, 4.69) is 9.97 Å². The van der Waals surface area contributed by atoms with Crippen LogP contribution in [0, 0.1) is 0 Å². The zero-order valence-corrected chi connectivity index (χ0v) is 7.01. The third-order valence-corrected chi connectivity index (χ3v) is 1.96. The van der Waals surface area contributed by atoms with Gasteiger partial charge in [0.25, 0.3) is 0 Å². The van der Waals surface area contributed by atoms with Gasteiger partial charge in [-0.3, -0.25) is 4.98 Å². The summed E-state index contributed by atoms with van der Waals surface area (Å²) in [6.45, 7) is 0. The summed E-state index contributed by atoms with van der Waals surface area (Å²) in [5.74, 6) is -1.15. The molecule has 0 fully saturated rings. The van der Waals surface area contributed by atoms with Gasteiger partial charge in [-0.05, 0) is 6.26 Å². The lowest BCUT2D eigenvalue weighted by Gasteiger charge is -1.98. The first-order valence-electron chi connectivity index (χ1n) is 3.01. The van der Waals surface area contributed by atoms with Gasteiger partial charge in [0.05, 0.1) is 4.90 Å². The van der Waals surface area contributed by atoms with Crippen molar-refractivity contribution in [2.45, 2.75) is 4.90 Å². The Hall–Kier alpha value is -1.30. The Bertz CT molecular complexity index is 360. The molecule has 0 radical (unpaired) electrons. The molecule has 1 rings (SSSR count). The number of hydrogen-bond donors (Lipinski definition) is 2. The summed E-state index contributed by atoms with van der Waals surface area (Å²) >= 11 is 1.22. The van der Waals surface area contributed by atoms with E-state index < -0.39 is 11.7 Å². The van der Waals surface area contributed by atoms with Crippen molar-refractivity contribution in [3.05, 3.63) is 22.4 Å². The lowest BCUT2D eigenvalue weighted by molar-refractivity contribution is 0.0685. The summed E-state index contributed by atoms with van der Waals surface area (Å²) in [7, 11) is 0. The Kier molecular flexibility index (Phi) is 2.49. The third kappa shape index (κ3) is 1.65. The summed E-state index contributed by atoms with van der Waals surface area (Å²) in [5.41, 5.74) is -0.757. The number of nitrogens with zero attached hydrogens (tertiary/aromatic N) is 1. The summed E-state index contributed by atoms with van der Waals surface area (Å²) in [6.07, 6.45) is 2.95. The van der Waals surface area contributed by atoms with E-state index in [1.807, 2.05) is 0 Å². The number of aromatic amines is 1. The topological polar surface area (TPSA) is 83.0 Å². The lowest BCUT2D eigenvalue weighted by atomic mass is 10.4. The molecule has 0 aliphatic heterocycles. The molecule has 5 nitrogen and oxygen atoms in total. The second-order valence-electron chi connectivity index (χ2n) is 1.94. The molecule has 12 heavy (non-hydrogen) atoms. The molecule has 1 heterocycles. The number of carboxylic acids is 1. The molecule has 6 heteroatoms. The van der Waals surface area contributed by atoms with Gasteiger partial charge in [0.2, 0.25) is 0 Å². The van der Waals surface area contributed by atoms with Crippen molar-refractivity contribution in [1.29, 1.82) is 0 Å². The van der Waals surface area contributed by atoms with Gasteiger partial charge in [0.15, 0.2) is 0 Å². The van der Waals surface area contributed by atoms with Crippen LogP contribution < -0.4 is 5.69 Å². The van der Waals surface area contributed by atoms with Gasteiger partial charge in [-0.2, -0.15) is 0 Å². The summed E-state index contributed by atoms with van der Waals surface area (Å²) in [4.78, 5) is 27.1. The molecule has 0 spiro atoms. The Balaban J connectivity index is 3.31. The highest BCUT2D eigenvalue weighted by molar-refractivity contribution is 7.98. The minimum Gasteiger partial charge on any atom is -0.477 e. The molecular weight excluding hydrogens is 180 g/mol. The lowest BCUT2D eigenvalue weighted by Crippen LogP contribution is -2.16. The van der Waals surface area contributed by atoms with Crippen LogP contribution in [0.4, 0.5) is 0 Å². The summed E-state index contributed by atoms with van der Waals surface area (Å²) in [6, 6.07) is 0. The minimum atomic E-state index is -1.15. The van der Waals surface area contributed by atoms with E-state index in [0.29, 0.717) is 4.90 Å². The summed E-state index contributed by atoms with van der Waals surface area (Å²) in [5, 5.41) is 8.61. The molecule has 0 bridgehead atoms. The molecule has 64 valence electrons. The van der Waals surface area contributed by atoms with Gasteiger partial charge in [-0.25, -0.2) is 14.6 Å². The third-order valence-electron chi connectivity index (χ3n) is 1.21. The van der Waals surface area contributed by atoms with Crippen molar-refractivity contribution in [3.8, 4) is 0 Å². The second-order valence-corrected chi connectivity index (χ2v) is 2.78. The van der Waals surface area contributed by atoms with Crippen molar-refractivity contribution in [2.24, 2.45) is 0 Å². The largest absolute Gasteiger partial charge is 0.477 e. The molecular formula is C6H6N2O3S. The fraction of sp³-hybridized carbons (Fsp3) is 0.167. The standard InChI is InChI=1S/C6H6N2O3S/c1-12-3-2-7-6(11)8-4(3)5(9)10/h2H,1H3,(H,9,10)(H,7,8,11). The highest BCUT2D eigenvalue weighted by atomic mass is 32.2. The number of H-pyrrole nitrogens is 1. The van der Waals surface area contributed by atoms with Gasteiger partial charge < -0.3 is 5.11 Å². The number of carbonyl (C=O) groups is 1. The molecule has 0 atom stereocenters. The van der Waals surface area contributed by atoms with Crippen molar-refractivity contribution >= 4 is 17.7 Å². The van der Waals surface area contributed by atoms with Gasteiger partial charge >= 0.3 is 11.7 Å². The maximum atomic E-state index is 10.6. The fourth-order valence-electron chi connectivity index (χ4n) is 0.696. The van der Waals surface area contributed by atoms with E-state index >= 15 is 0 Å². The molecule has 0 aliphatic rings. The minimum absolute atomic E-state index is 0.109. The number of carboxylic acid groups (broad SMARTS) is 1. The van der Waals surface area contributed by atoms with Crippen LogP contribution in [-0.4, -0.2) is 27.3 Å². The van der Waals surface area contributed by atoms with E-state index in [1.54, 1.807) is 6.26 Å². The van der Waals surface area contributed by atoms with Gasteiger partial charge in [-0.1, -0.05) is 0 Å². The molecule has 0 amide bonds. The number of rotatable bonds is 2. The van der Waals surface area contributed by atoms with Crippen LogP contribution in [0.25, 0.3) is 0 Å². The average Bonchev–Trinajstić information content (AvgIpc) is 2.04. The molecule has 2 N–H and O–H groups in total. The van der Waals surface area contributed by atoms with Gasteiger partial charge in [0.1, 0.15) is 5.69 Å². The van der Waals surface area contributed by atoms with Crippen molar-refractivity contribution in [2.75, 3.05) is 6.26 Å². The molecule has 0 saturated heterocycles. The van der Waals surface area contributed by atoms with Crippen LogP contribution in [-0.2, 0) is 0 Å². The van der Waals surface area contributed by atoms with Crippen LogP contribution in [0.5, 0.6) is 0 Å². The smallest absolute Gasteiger partial charge is 0.353 e. The van der Waals surface area contributed by atoms with Crippen molar-refractivity contribution in [1.82, 2.24) is 9.97 Å². The molecule has 0 saturated carbocycles. The number of hydrogen-bond acceptors (Lipinski definition) is 4. The molecule has 1 aromatic heterocycles. The molecule has 0 unspecified atom stereocenters. The highest BCUT2D eigenvalue weighted by Gasteiger charge is 2.10. The van der Waals surface area contributed by atoms with Crippen molar-refractivity contribution < 1.29 is 9.90 Å². The van der Waals surface area contributed by atoms with Crippen LogP contribution in [0.1, 0.15) is 10.5 Å². The monoisotopic (exact) mass is 186 g/mol. The summed E-state index contributed by atoms with van der Waals surface area (Å²) < 4.78 is 0. The van der Waals surface area contributed by atoms with Crippen molar-refractivity contribution in [3.63, 3.8) is 0 Å². The molecule has 1 aromatic rings. The number of thioether (sulfide) groups is 1. The van der Waals surface area contributed by atoms with Gasteiger partial charge in [0, 0.05) is 6.20 Å². The number of nitrogens with one attached hydrogen (secondary N) is 1. The molecule has 0 aromatic carbocycles. The van der Waals surface area contributed by atoms with Gasteiger partial charge in [-0.15, -0.1) is 11.8 Å². The average molecular weight is 186 g/mol. The highest BCUT2D eigenvalue weighted by Crippen LogP contribution is 2.14. The SMILES string of the molecule is CSc1cnc(=O)[nH]c1C(=O)O. The van der Waals surface area contributed by atoms with E-state index in [0.717, 1.165) is 0 Å². The Morgan fingerprint density at radius 1 is 1.75 bits per heavy atom. The zero-order chi connectivity index (χ0) is 9.14. The van der Waals surface area contributed by atoms with Crippen LogP contribution in [0.15, 0.2) is 15.9 Å². The Labute approximate surface area is 71.8 Å². The number of aromatic nitrogens is 2. The van der Waals surface area contributed by atoms with Crippen LogP contribution in [0.2, 0.25) is 0 Å². The quantitative estimate of drug-likeness (QED) is 0.644. The molecule has 0 aliphatic carbocycles. The first-order valence-corrected chi connectivity index (χ1v) is 4.24. The normalized spacial score (nSPS) is 9.75. The first-order chi connectivity index (χ1) is 5.65. The second kappa shape index (κ2) is 3.40. The predicted molar refractivity (Wildman–Crippen MR) is 43.6 cm³/mol. The van der Waals surface area contributed by atoms with E-state index in [-0.39, 0.29) is 5.69 Å². The van der Waals surface area contributed by atoms with E-state index in [9.17, 15) is 9.59 Å². The Morgan fingerprint density at radius 3 is 2.92 bits per heavy atom. The van der Waals surface area contributed by atoms with E-state index in [1.165, 1.54) is 18.0 Å². The maximum Gasteiger partial charge on any atom is 0.353 e.